The molecule has 0 amide bonds. The van der Waals surface area contributed by atoms with Crippen LogP contribution in [0.15, 0.2) is 42.5 Å². The molecule has 0 bridgehead atoms. The van der Waals surface area contributed by atoms with E-state index < -0.39 is 11.7 Å². The Kier molecular flexibility index (Phi) is 3.83. The van der Waals surface area contributed by atoms with Crippen LogP contribution in [0.1, 0.15) is 36.2 Å². The number of halogens is 4. The molecular formula is C17H14F4N2. The molecule has 0 spiro atoms. The van der Waals surface area contributed by atoms with Crippen molar-refractivity contribution in [2.75, 3.05) is 0 Å². The summed E-state index contributed by atoms with van der Waals surface area (Å²) in [6, 6.07) is 9.32. The van der Waals surface area contributed by atoms with Gasteiger partial charge in [0.25, 0.3) is 0 Å². The molecule has 0 aliphatic rings. The van der Waals surface area contributed by atoms with Gasteiger partial charge in [0, 0.05) is 5.92 Å². The van der Waals surface area contributed by atoms with Crippen molar-refractivity contribution in [2.45, 2.75) is 25.4 Å². The number of hydrogen-bond acceptors (Lipinski definition) is 1. The number of alkyl halides is 3. The number of nitrogens with zero attached hydrogens (tertiary/aromatic N) is 1. The van der Waals surface area contributed by atoms with Gasteiger partial charge in [-0.15, -0.1) is 0 Å². The lowest BCUT2D eigenvalue weighted by Crippen LogP contribution is -2.06. The minimum atomic E-state index is -4.35. The average molecular weight is 322 g/mol. The second kappa shape index (κ2) is 5.68. The van der Waals surface area contributed by atoms with Crippen molar-refractivity contribution < 1.29 is 17.6 Å². The first kappa shape index (κ1) is 15.5. The number of aromatic amines is 1. The molecule has 3 rings (SSSR count). The Morgan fingerprint density at radius 2 is 1.78 bits per heavy atom. The number of nitrogens with one attached hydrogen (secondary N) is 1. The summed E-state index contributed by atoms with van der Waals surface area (Å²) in [4.78, 5) is 7.49. The van der Waals surface area contributed by atoms with E-state index in [4.69, 9.17) is 0 Å². The largest absolute Gasteiger partial charge is 0.416 e. The molecule has 1 N–H and O–H groups in total. The maximum Gasteiger partial charge on any atom is 0.416 e. The Hall–Kier alpha value is -2.37. The summed E-state index contributed by atoms with van der Waals surface area (Å²) in [5.74, 6) is 0.0795. The van der Waals surface area contributed by atoms with E-state index in [1.54, 1.807) is 6.07 Å². The molecule has 0 saturated carbocycles. The molecule has 1 aromatic heterocycles. The van der Waals surface area contributed by atoms with Crippen molar-refractivity contribution in [3.8, 4) is 0 Å². The van der Waals surface area contributed by atoms with Crippen molar-refractivity contribution in [3.05, 3.63) is 65.2 Å². The lowest BCUT2D eigenvalue weighted by molar-refractivity contribution is -0.137. The van der Waals surface area contributed by atoms with E-state index in [-0.39, 0.29) is 11.7 Å². The van der Waals surface area contributed by atoms with E-state index in [0.717, 1.165) is 17.7 Å². The minimum absolute atomic E-state index is 0.173. The Bertz CT molecular complexity index is 819. The van der Waals surface area contributed by atoms with E-state index in [1.165, 1.54) is 24.3 Å². The van der Waals surface area contributed by atoms with Crippen molar-refractivity contribution in [1.82, 2.24) is 9.97 Å². The zero-order valence-corrected chi connectivity index (χ0v) is 12.3. The van der Waals surface area contributed by atoms with Crippen molar-refractivity contribution in [1.29, 1.82) is 0 Å². The molecule has 120 valence electrons. The van der Waals surface area contributed by atoms with Gasteiger partial charge in [-0.25, -0.2) is 9.37 Å². The third-order valence-electron chi connectivity index (χ3n) is 3.84. The van der Waals surface area contributed by atoms with Crippen LogP contribution >= 0.6 is 0 Å². The average Bonchev–Trinajstić information content (AvgIpc) is 2.90. The highest BCUT2D eigenvalue weighted by molar-refractivity contribution is 5.75. The lowest BCUT2D eigenvalue weighted by atomic mass is 9.95. The number of hydrogen-bond donors (Lipinski definition) is 1. The molecule has 23 heavy (non-hydrogen) atoms. The molecule has 0 fully saturated rings. The Morgan fingerprint density at radius 3 is 2.39 bits per heavy atom. The summed E-state index contributed by atoms with van der Waals surface area (Å²) >= 11 is 0. The maximum absolute atomic E-state index is 13.3. The van der Waals surface area contributed by atoms with Gasteiger partial charge in [0.1, 0.15) is 11.6 Å². The standard InChI is InChI=1S/C17H14F4N2/c1-2-13(10-3-5-11(6-4-10)17(19,20)21)16-22-14-8-7-12(18)9-15(14)23-16/h3-9,13H,2H2,1H3,(H,22,23). The summed E-state index contributed by atoms with van der Waals surface area (Å²) in [5.41, 5.74) is 1.26. The zero-order valence-electron chi connectivity index (χ0n) is 12.3. The molecular weight excluding hydrogens is 308 g/mol. The van der Waals surface area contributed by atoms with Crippen molar-refractivity contribution in [2.24, 2.45) is 0 Å². The molecule has 0 aliphatic carbocycles. The normalized spacial score (nSPS) is 13.4. The molecule has 1 unspecified atom stereocenters. The molecule has 3 aromatic rings. The first-order valence-electron chi connectivity index (χ1n) is 7.21. The van der Waals surface area contributed by atoms with Crippen LogP contribution in [0.2, 0.25) is 0 Å². The number of imidazole rings is 1. The summed E-state index contributed by atoms with van der Waals surface area (Å²) in [6.07, 6.45) is -3.69. The first-order chi connectivity index (χ1) is 10.9. The summed E-state index contributed by atoms with van der Waals surface area (Å²) in [6.45, 7) is 1.93. The van der Waals surface area contributed by atoms with Crippen LogP contribution < -0.4 is 0 Å². The first-order valence-corrected chi connectivity index (χ1v) is 7.21. The zero-order chi connectivity index (χ0) is 16.6. The van der Waals surface area contributed by atoms with Crippen LogP contribution in [-0.4, -0.2) is 9.97 Å². The van der Waals surface area contributed by atoms with Gasteiger partial charge in [-0.05, 0) is 42.3 Å². The van der Waals surface area contributed by atoms with E-state index in [1.807, 2.05) is 6.92 Å². The highest BCUT2D eigenvalue weighted by atomic mass is 19.4. The summed E-state index contributed by atoms with van der Waals surface area (Å²) in [7, 11) is 0. The monoisotopic (exact) mass is 322 g/mol. The van der Waals surface area contributed by atoms with Gasteiger partial charge in [-0.2, -0.15) is 13.2 Å². The molecule has 2 aromatic carbocycles. The molecule has 2 nitrogen and oxygen atoms in total. The molecule has 1 heterocycles. The third-order valence-corrected chi connectivity index (χ3v) is 3.84. The van der Waals surface area contributed by atoms with Crippen LogP contribution in [0.25, 0.3) is 11.0 Å². The van der Waals surface area contributed by atoms with Crippen molar-refractivity contribution >= 4 is 11.0 Å². The summed E-state index contributed by atoms with van der Waals surface area (Å²) < 4.78 is 51.2. The van der Waals surface area contributed by atoms with E-state index in [0.29, 0.717) is 23.3 Å². The van der Waals surface area contributed by atoms with Gasteiger partial charge < -0.3 is 4.98 Å². The number of benzene rings is 2. The quantitative estimate of drug-likeness (QED) is 0.654. The number of aromatic nitrogens is 2. The maximum atomic E-state index is 13.3. The van der Waals surface area contributed by atoms with Crippen LogP contribution in [0, 0.1) is 5.82 Å². The number of H-pyrrole nitrogens is 1. The fourth-order valence-electron chi connectivity index (χ4n) is 2.66. The second-order valence-electron chi connectivity index (χ2n) is 5.36. The van der Waals surface area contributed by atoms with E-state index in [2.05, 4.69) is 9.97 Å². The molecule has 0 radical (unpaired) electrons. The van der Waals surface area contributed by atoms with Crippen molar-refractivity contribution in [3.63, 3.8) is 0 Å². The van der Waals surface area contributed by atoms with Crippen LogP contribution in [-0.2, 0) is 6.18 Å². The molecule has 1 atom stereocenters. The van der Waals surface area contributed by atoms with Gasteiger partial charge in [0.05, 0.1) is 16.6 Å². The van der Waals surface area contributed by atoms with Gasteiger partial charge in [-0.1, -0.05) is 19.1 Å². The molecule has 6 heteroatoms. The Balaban J connectivity index is 1.97. The van der Waals surface area contributed by atoms with Gasteiger partial charge in [0.15, 0.2) is 0 Å². The SMILES string of the molecule is CCC(c1ccc(C(F)(F)F)cc1)c1nc2ccc(F)cc2[nH]1. The minimum Gasteiger partial charge on any atom is -0.341 e. The fraction of sp³-hybridized carbons (Fsp3) is 0.235. The molecule has 0 saturated heterocycles. The topological polar surface area (TPSA) is 28.7 Å². The fourth-order valence-corrected chi connectivity index (χ4v) is 2.66. The summed E-state index contributed by atoms with van der Waals surface area (Å²) in [5, 5.41) is 0. The predicted octanol–water partition coefficient (Wildman–Crippen LogP) is 5.26. The van der Waals surface area contributed by atoms with E-state index >= 15 is 0 Å². The van der Waals surface area contributed by atoms with Crippen LogP contribution in [0.4, 0.5) is 17.6 Å². The smallest absolute Gasteiger partial charge is 0.341 e. The van der Waals surface area contributed by atoms with Gasteiger partial charge in [-0.3, -0.25) is 0 Å². The van der Waals surface area contributed by atoms with Crippen LogP contribution in [0.5, 0.6) is 0 Å². The molecule has 0 aliphatic heterocycles. The highest BCUT2D eigenvalue weighted by Crippen LogP contribution is 2.32. The predicted molar refractivity (Wildman–Crippen MR) is 79.6 cm³/mol. The third kappa shape index (κ3) is 3.06. The van der Waals surface area contributed by atoms with Gasteiger partial charge >= 0.3 is 6.18 Å². The van der Waals surface area contributed by atoms with Gasteiger partial charge in [0.2, 0.25) is 0 Å². The number of rotatable bonds is 3. The van der Waals surface area contributed by atoms with Crippen LogP contribution in [0.3, 0.4) is 0 Å². The lowest BCUT2D eigenvalue weighted by Gasteiger charge is -2.14. The van der Waals surface area contributed by atoms with E-state index in [9.17, 15) is 17.6 Å². The number of fused-ring (bicyclic) bond motifs is 1. The Labute approximate surface area is 130 Å². The Morgan fingerprint density at radius 1 is 1.09 bits per heavy atom. The second-order valence-corrected chi connectivity index (χ2v) is 5.36. The highest BCUT2D eigenvalue weighted by Gasteiger charge is 2.30.